The molecule has 29 heavy (non-hydrogen) atoms. The average molecular weight is 400 g/mol. The quantitative estimate of drug-likeness (QED) is 0.786. The van der Waals surface area contributed by atoms with Crippen LogP contribution < -0.4 is 23.7 Å². The van der Waals surface area contributed by atoms with Crippen LogP contribution in [0.5, 0.6) is 28.7 Å². The number of carbonyl (C=O) groups is 1. The second kappa shape index (κ2) is 6.18. The van der Waals surface area contributed by atoms with Crippen molar-refractivity contribution < 1.29 is 38.3 Å². The Hall–Kier alpha value is -3.13. The van der Waals surface area contributed by atoms with Crippen molar-refractivity contribution in [1.29, 1.82) is 0 Å². The van der Waals surface area contributed by atoms with Gasteiger partial charge in [-0.05, 0) is 30.2 Å². The van der Waals surface area contributed by atoms with Gasteiger partial charge >= 0.3 is 5.97 Å². The number of ether oxygens (including phenoxy) is 6. The Morgan fingerprint density at radius 1 is 1.03 bits per heavy atom. The summed E-state index contributed by atoms with van der Waals surface area (Å²) < 4.78 is 33.9. The van der Waals surface area contributed by atoms with E-state index in [4.69, 9.17) is 28.4 Å². The van der Waals surface area contributed by atoms with Gasteiger partial charge in [-0.2, -0.15) is 0 Å². The number of carbonyl (C=O) groups excluding carboxylic acids is 1. The number of benzene rings is 2. The molecular weight excluding hydrogens is 380 g/mol. The van der Waals surface area contributed by atoms with Crippen molar-refractivity contribution in [3.8, 4) is 28.7 Å². The summed E-state index contributed by atoms with van der Waals surface area (Å²) in [4.78, 5) is 12.2. The van der Waals surface area contributed by atoms with Gasteiger partial charge in [-0.3, -0.25) is 0 Å². The Morgan fingerprint density at radius 2 is 1.76 bits per heavy atom. The molecule has 0 amide bonds. The number of esters is 1. The molecule has 0 unspecified atom stereocenters. The molecular formula is C21H20O8. The molecule has 0 saturated carbocycles. The van der Waals surface area contributed by atoms with Crippen LogP contribution in [0.2, 0.25) is 0 Å². The van der Waals surface area contributed by atoms with E-state index in [-0.39, 0.29) is 6.61 Å². The van der Waals surface area contributed by atoms with Crippen LogP contribution >= 0.6 is 0 Å². The van der Waals surface area contributed by atoms with Crippen LogP contribution in [0.4, 0.5) is 0 Å². The van der Waals surface area contributed by atoms with Crippen molar-refractivity contribution >= 4 is 5.97 Å². The maximum atomic E-state index is 12.2. The van der Waals surface area contributed by atoms with Gasteiger partial charge in [0.05, 0.1) is 26.9 Å². The van der Waals surface area contributed by atoms with Crippen molar-refractivity contribution in [3.05, 3.63) is 40.5 Å². The third-order valence-corrected chi connectivity index (χ3v) is 5.70. The number of aryl methyl sites for hydroxylation is 1. The van der Waals surface area contributed by atoms with E-state index in [9.17, 15) is 9.90 Å². The van der Waals surface area contributed by atoms with Gasteiger partial charge < -0.3 is 33.5 Å². The maximum absolute atomic E-state index is 12.2. The van der Waals surface area contributed by atoms with Gasteiger partial charge in [0.1, 0.15) is 17.9 Å². The standard InChI is InChI=1S/C21H20O8/c1-24-12-4-5-13(25-2)17-15(12)19(22)21(29-17)7-6-10-8-11-9-27-20(23)14(11)18(26-3)16(10)28-21/h4-5,8,19,22H,6-7,9H2,1-3H3/t19-,21-/m1/s1. The van der Waals surface area contributed by atoms with Gasteiger partial charge in [-0.25, -0.2) is 4.79 Å². The lowest BCUT2D eigenvalue weighted by molar-refractivity contribution is -0.180. The topological polar surface area (TPSA) is 92.7 Å². The zero-order chi connectivity index (χ0) is 20.3. The molecule has 0 bridgehead atoms. The molecule has 0 fully saturated rings. The minimum absolute atomic E-state index is 0.210. The number of fused-ring (bicyclic) bond motifs is 3. The van der Waals surface area contributed by atoms with Gasteiger partial charge in [0.25, 0.3) is 5.79 Å². The third-order valence-electron chi connectivity index (χ3n) is 5.70. The van der Waals surface area contributed by atoms with Crippen molar-refractivity contribution in [3.63, 3.8) is 0 Å². The van der Waals surface area contributed by atoms with E-state index in [2.05, 4.69) is 0 Å². The number of hydrogen-bond donors (Lipinski definition) is 1. The molecule has 0 aromatic heterocycles. The smallest absolute Gasteiger partial charge is 0.342 e. The molecule has 2 aromatic carbocycles. The number of aliphatic hydroxyl groups is 1. The zero-order valence-electron chi connectivity index (χ0n) is 16.2. The highest BCUT2D eigenvalue weighted by Crippen LogP contribution is 2.57. The minimum atomic E-state index is -1.39. The van der Waals surface area contributed by atoms with Gasteiger partial charge in [0.2, 0.25) is 0 Å². The monoisotopic (exact) mass is 400 g/mol. The summed E-state index contributed by atoms with van der Waals surface area (Å²) in [6.07, 6.45) is -0.178. The first-order valence-electron chi connectivity index (χ1n) is 9.23. The van der Waals surface area contributed by atoms with Crippen LogP contribution in [0.3, 0.4) is 0 Å². The second-order valence-corrected chi connectivity index (χ2v) is 7.14. The zero-order valence-corrected chi connectivity index (χ0v) is 16.2. The number of cyclic esters (lactones) is 1. The van der Waals surface area contributed by atoms with E-state index in [1.54, 1.807) is 12.1 Å². The van der Waals surface area contributed by atoms with Crippen LogP contribution in [0, 0.1) is 0 Å². The van der Waals surface area contributed by atoms with E-state index < -0.39 is 17.9 Å². The molecule has 1 spiro atoms. The summed E-state index contributed by atoms with van der Waals surface area (Å²) in [6.45, 7) is 0.210. The fourth-order valence-electron chi connectivity index (χ4n) is 4.31. The Morgan fingerprint density at radius 3 is 2.48 bits per heavy atom. The van der Waals surface area contributed by atoms with Crippen LogP contribution in [0.1, 0.15) is 39.6 Å². The Balaban J connectivity index is 1.62. The van der Waals surface area contributed by atoms with Crippen molar-refractivity contribution in [2.45, 2.75) is 31.3 Å². The highest BCUT2D eigenvalue weighted by molar-refractivity contribution is 5.97. The number of hydrogen-bond acceptors (Lipinski definition) is 8. The third kappa shape index (κ3) is 2.32. The first kappa shape index (κ1) is 17.9. The predicted molar refractivity (Wildman–Crippen MR) is 98.9 cm³/mol. The molecule has 3 aliphatic heterocycles. The molecule has 0 saturated heterocycles. The first-order valence-corrected chi connectivity index (χ1v) is 9.23. The fraction of sp³-hybridized carbons (Fsp3) is 0.381. The number of methoxy groups -OCH3 is 3. The Labute approximate surface area is 166 Å². The predicted octanol–water partition coefficient (Wildman–Crippen LogP) is 2.53. The molecule has 1 N–H and O–H groups in total. The van der Waals surface area contributed by atoms with Crippen LogP contribution in [-0.4, -0.2) is 38.2 Å². The van der Waals surface area contributed by atoms with E-state index in [1.807, 2.05) is 6.07 Å². The second-order valence-electron chi connectivity index (χ2n) is 7.14. The summed E-state index contributed by atoms with van der Waals surface area (Å²) in [5, 5.41) is 11.2. The molecule has 0 radical (unpaired) electrons. The molecule has 3 heterocycles. The highest BCUT2D eigenvalue weighted by Gasteiger charge is 2.55. The van der Waals surface area contributed by atoms with Gasteiger partial charge in [-0.1, -0.05) is 0 Å². The van der Waals surface area contributed by atoms with E-state index in [0.717, 1.165) is 11.1 Å². The van der Waals surface area contributed by atoms with Crippen molar-refractivity contribution in [1.82, 2.24) is 0 Å². The molecule has 0 aliphatic carbocycles. The molecule has 2 aromatic rings. The van der Waals surface area contributed by atoms with Crippen molar-refractivity contribution in [2.24, 2.45) is 0 Å². The summed E-state index contributed by atoms with van der Waals surface area (Å²) in [7, 11) is 4.52. The molecule has 8 nitrogen and oxygen atoms in total. The molecule has 2 atom stereocenters. The summed E-state index contributed by atoms with van der Waals surface area (Å²) in [6, 6.07) is 5.31. The SMILES string of the molecule is COc1ccc(OC)c2c1O[C@]1(CCc3cc4c(c(OC)c3O1)C(=O)OC4)[C@@H]2O. The highest BCUT2D eigenvalue weighted by atomic mass is 16.7. The van der Waals surface area contributed by atoms with E-state index >= 15 is 0 Å². The summed E-state index contributed by atoms with van der Waals surface area (Å²) in [5.74, 6) is 0.150. The maximum Gasteiger partial charge on any atom is 0.342 e. The molecule has 3 aliphatic rings. The van der Waals surface area contributed by atoms with Gasteiger partial charge in [0, 0.05) is 12.0 Å². The fourth-order valence-corrected chi connectivity index (χ4v) is 4.31. The Bertz CT molecular complexity index is 1030. The van der Waals surface area contributed by atoms with Gasteiger partial charge in [-0.15, -0.1) is 0 Å². The van der Waals surface area contributed by atoms with Crippen molar-refractivity contribution in [2.75, 3.05) is 21.3 Å². The van der Waals surface area contributed by atoms with Crippen LogP contribution in [0.15, 0.2) is 18.2 Å². The Kier molecular flexibility index (Phi) is 3.82. The molecule has 8 heteroatoms. The average Bonchev–Trinajstić information content (AvgIpc) is 3.24. The lowest BCUT2D eigenvalue weighted by atomic mass is 9.91. The van der Waals surface area contributed by atoms with Crippen LogP contribution in [-0.2, 0) is 17.8 Å². The summed E-state index contributed by atoms with van der Waals surface area (Å²) in [5.41, 5.74) is 2.46. The number of aliphatic hydroxyl groups excluding tert-OH is 1. The van der Waals surface area contributed by atoms with Gasteiger partial charge in [0.15, 0.2) is 29.1 Å². The molecule has 5 rings (SSSR count). The normalized spacial score (nSPS) is 23.4. The first-order chi connectivity index (χ1) is 14.0. The summed E-state index contributed by atoms with van der Waals surface area (Å²) >= 11 is 0. The largest absolute Gasteiger partial charge is 0.496 e. The molecule has 152 valence electrons. The lowest BCUT2D eigenvalue weighted by Gasteiger charge is -2.37. The minimum Gasteiger partial charge on any atom is -0.496 e. The number of rotatable bonds is 3. The van der Waals surface area contributed by atoms with E-state index in [0.29, 0.717) is 52.7 Å². The lowest BCUT2D eigenvalue weighted by Crippen LogP contribution is -2.47. The van der Waals surface area contributed by atoms with Crippen LogP contribution in [0.25, 0.3) is 0 Å². The van der Waals surface area contributed by atoms with E-state index in [1.165, 1.54) is 21.3 Å².